The Kier molecular flexibility index (Phi) is 2.88. The van der Waals surface area contributed by atoms with Crippen LogP contribution >= 0.6 is 12.2 Å². The number of rotatable bonds is 1. The van der Waals surface area contributed by atoms with Gasteiger partial charge in [-0.05, 0) is 24.4 Å². The van der Waals surface area contributed by atoms with Gasteiger partial charge in [-0.2, -0.15) is 0 Å². The van der Waals surface area contributed by atoms with E-state index in [1.807, 2.05) is 42.3 Å². The SMILES string of the molecule is CN1CC[C@@H](O)N(c2ccccc2)C1=S. The van der Waals surface area contributed by atoms with Crippen molar-refractivity contribution in [1.29, 1.82) is 0 Å². The summed E-state index contributed by atoms with van der Waals surface area (Å²) in [6, 6.07) is 9.74. The summed E-state index contributed by atoms with van der Waals surface area (Å²) < 4.78 is 0. The molecular formula is C11H14N2OS. The fourth-order valence-electron chi connectivity index (χ4n) is 1.72. The molecule has 1 heterocycles. The maximum absolute atomic E-state index is 9.92. The summed E-state index contributed by atoms with van der Waals surface area (Å²) in [6.07, 6.45) is 0.210. The monoisotopic (exact) mass is 222 g/mol. The standard InChI is InChI=1S/C11H14N2OS/c1-12-8-7-10(14)13(11(12)15)9-5-3-2-4-6-9/h2-6,10,14H,7-8H2,1H3/t10-/m1/s1. The first kappa shape index (κ1) is 10.4. The summed E-state index contributed by atoms with van der Waals surface area (Å²) in [5, 5.41) is 10.6. The molecule has 0 unspecified atom stereocenters. The lowest BCUT2D eigenvalue weighted by Gasteiger charge is -2.39. The van der Waals surface area contributed by atoms with Gasteiger partial charge in [0, 0.05) is 25.7 Å². The summed E-state index contributed by atoms with van der Waals surface area (Å²) in [4.78, 5) is 3.77. The molecule has 0 saturated carbocycles. The Morgan fingerprint density at radius 3 is 2.67 bits per heavy atom. The minimum Gasteiger partial charge on any atom is -0.373 e. The molecule has 0 radical (unpaired) electrons. The van der Waals surface area contributed by atoms with Gasteiger partial charge in [0.05, 0.1) is 0 Å². The molecule has 0 amide bonds. The Hall–Kier alpha value is -1.13. The van der Waals surface area contributed by atoms with Crippen LogP contribution in [0.25, 0.3) is 0 Å². The molecule has 1 saturated heterocycles. The van der Waals surface area contributed by atoms with Gasteiger partial charge in [-0.3, -0.25) is 4.90 Å². The summed E-state index contributed by atoms with van der Waals surface area (Å²) in [5.74, 6) is 0. The molecule has 1 fully saturated rings. The van der Waals surface area contributed by atoms with Crippen molar-refractivity contribution >= 4 is 23.0 Å². The molecule has 4 heteroatoms. The third-order valence-electron chi connectivity index (χ3n) is 2.59. The van der Waals surface area contributed by atoms with Gasteiger partial charge < -0.3 is 10.0 Å². The minimum atomic E-state index is -0.504. The second-order valence-corrected chi connectivity index (χ2v) is 4.04. The van der Waals surface area contributed by atoms with Crippen LogP contribution in [-0.2, 0) is 0 Å². The van der Waals surface area contributed by atoms with Crippen molar-refractivity contribution in [3.8, 4) is 0 Å². The van der Waals surface area contributed by atoms with Crippen LogP contribution in [0.3, 0.4) is 0 Å². The van der Waals surface area contributed by atoms with E-state index in [0.29, 0.717) is 11.5 Å². The van der Waals surface area contributed by atoms with Crippen LogP contribution < -0.4 is 4.90 Å². The van der Waals surface area contributed by atoms with E-state index in [4.69, 9.17) is 12.2 Å². The molecule has 0 spiro atoms. The number of thiocarbonyl (C=S) groups is 1. The van der Waals surface area contributed by atoms with Crippen molar-refractivity contribution in [3.63, 3.8) is 0 Å². The van der Waals surface area contributed by atoms with E-state index in [1.54, 1.807) is 4.90 Å². The maximum Gasteiger partial charge on any atom is 0.177 e. The zero-order chi connectivity index (χ0) is 10.8. The van der Waals surface area contributed by atoms with Crippen LogP contribution in [0.2, 0.25) is 0 Å². The van der Waals surface area contributed by atoms with E-state index in [9.17, 15) is 5.11 Å². The molecule has 1 aromatic carbocycles. The second-order valence-electron chi connectivity index (χ2n) is 3.68. The van der Waals surface area contributed by atoms with Crippen LogP contribution in [0.15, 0.2) is 30.3 Å². The topological polar surface area (TPSA) is 26.7 Å². The fraction of sp³-hybridized carbons (Fsp3) is 0.364. The Labute approximate surface area is 94.9 Å². The smallest absolute Gasteiger partial charge is 0.177 e. The van der Waals surface area contributed by atoms with Crippen molar-refractivity contribution < 1.29 is 5.11 Å². The van der Waals surface area contributed by atoms with Gasteiger partial charge in [-0.1, -0.05) is 18.2 Å². The molecular weight excluding hydrogens is 208 g/mol. The summed E-state index contributed by atoms with van der Waals surface area (Å²) >= 11 is 5.30. The highest BCUT2D eigenvalue weighted by Crippen LogP contribution is 2.22. The number of hydrogen-bond acceptors (Lipinski definition) is 2. The summed E-state index contributed by atoms with van der Waals surface area (Å²) in [6.45, 7) is 0.809. The Bertz CT molecular complexity index is 355. The fourth-order valence-corrected chi connectivity index (χ4v) is 2.03. The largest absolute Gasteiger partial charge is 0.373 e. The first-order chi connectivity index (χ1) is 7.20. The van der Waals surface area contributed by atoms with E-state index in [2.05, 4.69) is 0 Å². The van der Waals surface area contributed by atoms with Crippen molar-refractivity contribution in [2.24, 2.45) is 0 Å². The highest BCUT2D eigenvalue weighted by Gasteiger charge is 2.27. The number of aliphatic hydroxyl groups is 1. The highest BCUT2D eigenvalue weighted by molar-refractivity contribution is 7.80. The molecule has 3 nitrogen and oxygen atoms in total. The zero-order valence-electron chi connectivity index (χ0n) is 8.63. The number of para-hydroxylation sites is 1. The normalized spacial score (nSPS) is 22.0. The minimum absolute atomic E-state index is 0.504. The van der Waals surface area contributed by atoms with Gasteiger partial charge in [-0.15, -0.1) is 0 Å². The highest BCUT2D eigenvalue weighted by atomic mass is 32.1. The van der Waals surface area contributed by atoms with Crippen molar-refractivity contribution in [3.05, 3.63) is 30.3 Å². The molecule has 1 aliphatic heterocycles. The third kappa shape index (κ3) is 1.96. The van der Waals surface area contributed by atoms with Gasteiger partial charge in [0.15, 0.2) is 5.11 Å². The van der Waals surface area contributed by atoms with E-state index in [1.165, 1.54) is 0 Å². The Morgan fingerprint density at radius 1 is 1.33 bits per heavy atom. The predicted molar refractivity (Wildman–Crippen MR) is 64.8 cm³/mol. The second kappa shape index (κ2) is 4.16. The molecule has 0 aromatic heterocycles. The van der Waals surface area contributed by atoms with Gasteiger partial charge in [0.2, 0.25) is 0 Å². The van der Waals surface area contributed by atoms with Crippen LogP contribution in [0.1, 0.15) is 6.42 Å². The molecule has 0 bridgehead atoms. The van der Waals surface area contributed by atoms with Crippen LogP contribution in [-0.4, -0.2) is 34.9 Å². The van der Waals surface area contributed by atoms with Crippen LogP contribution in [0.4, 0.5) is 5.69 Å². The van der Waals surface area contributed by atoms with Crippen LogP contribution in [0.5, 0.6) is 0 Å². The average molecular weight is 222 g/mol. The molecule has 1 aromatic rings. The zero-order valence-corrected chi connectivity index (χ0v) is 9.44. The van der Waals surface area contributed by atoms with Crippen molar-refractivity contribution in [2.75, 3.05) is 18.5 Å². The first-order valence-electron chi connectivity index (χ1n) is 4.97. The Balaban J connectivity index is 2.30. The Morgan fingerprint density at radius 2 is 2.00 bits per heavy atom. The lowest BCUT2D eigenvalue weighted by Crippen LogP contribution is -2.53. The molecule has 1 N–H and O–H groups in total. The molecule has 15 heavy (non-hydrogen) atoms. The van der Waals surface area contributed by atoms with Gasteiger partial charge in [-0.25, -0.2) is 0 Å². The quantitative estimate of drug-likeness (QED) is 0.727. The van der Waals surface area contributed by atoms with Gasteiger partial charge in [0.1, 0.15) is 6.23 Å². The molecule has 80 valence electrons. The summed E-state index contributed by atoms with van der Waals surface area (Å²) in [7, 11) is 1.95. The first-order valence-corrected chi connectivity index (χ1v) is 5.38. The molecule has 0 aliphatic carbocycles. The molecule has 1 atom stereocenters. The van der Waals surface area contributed by atoms with Crippen molar-refractivity contribution in [2.45, 2.75) is 12.6 Å². The number of benzene rings is 1. The number of aliphatic hydroxyl groups excluding tert-OH is 1. The van der Waals surface area contributed by atoms with Gasteiger partial charge >= 0.3 is 0 Å². The van der Waals surface area contributed by atoms with E-state index in [-0.39, 0.29) is 0 Å². The molecule has 2 rings (SSSR count). The van der Waals surface area contributed by atoms with Crippen molar-refractivity contribution in [1.82, 2.24) is 4.90 Å². The predicted octanol–water partition coefficient (Wildman–Crippen LogP) is 1.43. The van der Waals surface area contributed by atoms with E-state index < -0.39 is 6.23 Å². The average Bonchev–Trinajstić information content (AvgIpc) is 2.26. The molecule has 1 aliphatic rings. The number of nitrogens with zero attached hydrogens (tertiary/aromatic N) is 2. The number of hydrogen-bond donors (Lipinski definition) is 1. The number of anilines is 1. The van der Waals surface area contributed by atoms with E-state index >= 15 is 0 Å². The third-order valence-corrected chi connectivity index (χ3v) is 3.10. The lowest BCUT2D eigenvalue weighted by atomic mass is 10.2. The van der Waals surface area contributed by atoms with E-state index in [0.717, 1.165) is 12.2 Å². The van der Waals surface area contributed by atoms with Gasteiger partial charge in [0.25, 0.3) is 0 Å². The van der Waals surface area contributed by atoms with Crippen LogP contribution in [0, 0.1) is 0 Å². The maximum atomic E-state index is 9.92. The lowest BCUT2D eigenvalue weighted by molar-refractivity contribution is 0.149. The summed E-state index contributed by atoms with van der Waals surface area (Å²) in [5.41, 5.74) is 0.946.